The SMILES string of the molecule is CC[C@H](Nc1ccccc1)C(=O)N/N=C\c1cccs1. The Morgan fingerprint density at radius 3 is 2.75 bits per heavy atom. The molecule has 1 heterocycles. The topological polar surface area (TPSA) is 53.5 Å². The number of hydrazone groups is 1. The Morgan fingerprint density at radius 1 is 1.30 bits per heavy atom. The summed E-state index contributed by atoms with van der Waals surface area (Å²) in [5.41, 5.74) is 3.49. The van der Waals surface area contributed by atoms with E-state index in [4.69, 9.17) is 0 Å². The van der Waals surface area contributed by atoms with Gasteiger partial charge in [-0.1, -0.05) is 31.2 Å². The monoisotopic (exact) mass is 287 g/mol. The first-order valence-electron chi connectivity index (χ1n) is 6.47. The van der Waals surface area contributed by atoms with Crippen molar-refractivity contribution in [3.63, 3.8) is 0 Å². The van der Waals surface area contributed by atoms with E-state index in [0.717, 1.165) is 10.6 Å². The summed E-state index contributed by atoms with van der Waals surface area (Å²) >= 11 is 1.58. The Morgan fingerprint density at radius 2 is 2.10 bits per heavy atom. The van der Waals surface area contributed by atoms with Gasteiger partial charge in [0.15, 0.2) is 0 Å². The first-order valence-corrected chi connectivity index (χ1v) is 7.35. The Balaban J connectivity index is 1.89. The standard InChI is InChI=1S/C15H17N3OS/c1-2-14(17-12-7-4-3-5-8-12)15(19)18-16-11-13-9-6-10-20-13/h3-11,14,17H,2H2,1H3,(H,18,19)/b16-11-/t14-/m0/s1. The lowest BCUT2D eigenvalue weighted by Crippen LogP contribution is -2.36. The molecule has 0 bridgehead atoms. The molecule has 1 atom stereocenters. The van der Waals surface area contributed by atoms with Gasteiger partial charge in [-0.2, -0.15) is 5.10 Å². The number of rotatable bonds is 6. The van der Waals surface area contributed by atoms with Gasteiger partial charge in [0.25, 0.3) is 5.91 Å². The van der Waals surface area contributed by atoms with Crippen LogP contribution < -0.4 is 10.7 Å². The van der Waals surface area contributed by atoms with Crippen molar-refractivity contribution in [2.75, 3.05) is 5.32 Å². The van der Waals surface area contributed by atoms with Gasteiger partial charge in [-0.3, -0.25) is 4.79 Å². The number of anilines is 1. The number of amides is 1. The molecule has 0 unspecified atom stereocenters. The maximum atomic E-state index is 12.0. The van der Waals surface area contributed by atoms with Crippen LogP contribution in [0.25, 0.3) is 0 Å². The van der Waals surface area contributed by atoms with Crippen molar-refractivity contribution in [1.29, 1.82) is 0 Å². The second kappa shape index (κ2) is 7.45. The number of para-hydroxylation sites is 1. The lowest BCUT2D eigenvalue weighted by molar-refractivity contribution is -0.121. The van der Waals surface area contributed by atoms with Crippen LogP contribution in [0, 0.1) is 0 Å². The van der Waals surface area contributed by atoms with Gasteiger partial charge in [0, 0.05) is 10.6 Å². The Kier molecular flexibility index (Phi) is 5.32. The number of carbonyl (C=O) groups excluding carboxylic acids is 1. The second-order valence-corrected chi connectivity index (χ2v) is 5.20. The minimum Gasteiger partial charge on any atom is -0.374 e. The number of nitrogens with zero attached hydrogens (tertiary/aromatic N) is 1. The van der Waals surface area contributed by atoms with Crippen molar-refractivity contribution in [2.45, 2.75) is 19.4 Å². The zero-order valence-electron chi connectivity index (χ0n) is 11.2. The van der Waals surface area contributed by atoms with Gasteiger partial charge in [0.2, 0.25) is 0 Å². The molecule has 1 aromatic heterocycles. The molecule has 1 aromatic carbocycles. The second-order valence-electron chi connectivity index (χ2n) is 4.22. The van der Waals surface area contributed by atoms with Crippen molar-refractivity contribution in [2.24, 2.45) is 5.10 Å². The molecule has 0 saturated carbocycles. The van der Waals surface area contributed by atoms with Crippen molar-refractivity contribution >= 4 is 29.1 Å². The summed E-state index contributed by atoms with van der Waals surface area (Å²) < 4.78 is 0. The Bertz CT molecular complexity index is 552. The molecule has 104 valence electrons. The molecule has 0 spiro atoms. The summed E-state index contributed by atoms with van der Waals surface area (Å²) in [5.74, 6) is -0.135. The van der Waals surface area contributed by atoms with Crippen molar-refractivity contribution in [3.05, 3.63) is 52.7 Å². The number of benzene rings is 1. The number of hydrogen-bond acceptors (Lipinski definition) is 4. The van der Waals surface area contributed by atoms with Crippen LogP contribution in [-0.4, -0.2) is 18.2 Å². The maximum absolute atomic E-state index is 12.0. The van der Waals surface area contributed by atoms with E-state index in [1.54, 1.807) is 17.6 Å². The van der Waals surface area contributed by atoms with Crippen LogP contribution in [0.5, 0.6) is 0 Å². The molecule has 4 nitrogen and oxygen atoms in total. The van der Waals surface area contributed by atoms with Gasteiger partial charge in [-0.25, -0.2) is 5.43 Å². The molecule has 0 radical (unpaired) electrons. The molecule has 20 heavy (non-hydrogen) atoms. The highest BCUT2D eigenvalue weighted by molar-refractivity contribution is 7.11. The Hall–Kier alpha value is -2.14. The van der Waals surface area contributed by atoms with Crippen molar-refractivity contribution in [1.82, 2.24) is 5.43 Å². The Labute approximate surface area is 122 Å². The first kappa shape index (κ1) is 14.3. The van der Waals surface area contributed by atoms with Gasteiger partial charge in [-0.05, 0) is 30.0 Å². The van der Waals surface area contributed by atoms with E-state index in [1.165, 1.54) is 0 Å². The molecule has 0 aliphatic heterocycles. The van der Waals surface area contributed by atoms with E-state index in [2.05, 4.69) is 15.8 Å². The lowest BCUT2D eigenvalue weighted by Gasteiger charge is -2.16. The highest BCUT2D eigenvalue weighted by atomic mass is 32.1. The van der Waals surface area contributed by atoms with E-state index in [0.29, 0.717) is 6.42 Å². The van der Waals surface area contributed by atoms with Gasteiger partial charge >= 0.3 is 0 Å². The largest absolute Gasteiger partial charge is 0.374 e. The zero-order chi connectivity index (χ0) is 14.2. The minimum absolute atomic E-state index is 0.135. The first-order chi connectivity index (χ1) is 9.79. The highest BCUT2D eigenvalue weighted by Crippen LogP contribution is 2.09. The van der Waals surface area contributed by atoms with Gasteiger partial charge in [-0.15, -0.1) is 11.3 Å². The summed E-state index contributed by atoms with van der Waals surface area (Å²) in [7, 11) is 0. The molecule has 0 aliphatic rings. The van der Waals surface area contributed by atoms with Crippen molar-refractivity contribution < 1.29 is 4.79 Å². The van der Waals surface area contributed by atoms with E-state index in [9.17, 15) is 4.79 Å². The fourth-order valence-corrected chi connectivity index (χ4v) is 2.28. The predicted molar refractivity (Wildman–Crippen MR) is 84.2 cm³/mol. The van der Waals surface area contributed by atoms with Crippen LogP contribution in [0.2, 0.25) is 0 Å². The average molecular weight is 287 g/mol. The molecule has 2 aromatic rings. The highest BCUT2D eigenvalue weighted by Gasteiger charge is 2.15. The summed E-state index contributed by atoms with van der Waals surface area (Å²) in [6.45, 7) is 1.96. The molecule has 5 heteroatoms. The summed E-state index contributed by atoms with van der Waals surface area (Å²) in [4.78, 5) is 13.0. The molecule has 0 aliphatic carbocycles. The molecular weight excluding hydrogens is 270 g/mol. The third-order valence-electron chi connectivity index (χ3n) is 2.75. The molecular formula is C15H17N3OS. The zero-order valence-corrected chi connectivity index (χ0v) is 12.1. The lowest BCUT2D eigenvalue weighted by atomic mass is 10.2. The number of thiophene rings is 1. The van der Waals surface area contributed by atoms with E-state index < -0.39 is 0 Å². The molecule has 2 rings (SSSR count). The number of carbonyl (C=O) groups is 1. The summed E-state index contributed by atoms with van der Waals surface area (Å²) in [6.07, 6.45) is 2.34. The normalized spacial score (nSPS) is 12.2. The summed E-state index contributed by atoms with van der Waals surface area (Å²) in [6, 6.07) is 13.3. The number of nitrogens with one attached hydrogen (secondary N) is 2. The average Bonchev–Trinajstić information content (AvgIpc) is 2.99. The summed E-state index contributed by atoms with van der Waals surface area (Å²) in [5, 5.41) is 9.13. The maximum Gasteiger partial charge on any atom is 0.262 e. The fraction of sp³-hybridized carbons (Fsp3) is 0.200. The van der Waals surface area contributed by atoms with Crippen LogP contribution in [0.15, 0.2) is 52.9 Å². The van der Waals surface area contributed by atoms with Crippen LogP contribution in [-0.2, 0) is 4.79 Å². The molecule has 0 saturated heterocycles. The molecule has 2 N–H and O–H groups in total. The van der Waals surface area contributed by atoms with Gasteiger partial charge < -0.3 is 5.32 Å². The molecule has 0 fully saturated rings. The smallest absolute Gasteiger partial charge is 0.262 e. The predicted octanol–water partition coefficient (Wildman–Crippen LogP) is 3.09. The van der Waals surface area contributed by atoms with E-state index >= 15 is 0 Å². The van der Waals surface area contributed by atoms with Crippen LogP contribution in [0.3, 0.4) is 0 Å². The van der Waals surface area contributed by atoms with Crippen LogP contribution in [0.1, 0.15) is 18.2 Å². The van der Waals surface area contributed by atoms with Crippen molar-refractivity contribution in [3.8, 4) is 0 Å². The minimum atomic E-state index is -0.294. The van der Waals surface area contributed by atoms with Crippen LogP contribution in [0.4, 0.5) is 5.69 Å². The van der Waals surface area contributed by atoms with E-state index in [-0.39, 0.29) is 11.9 Å². The third kappa shape index (κ3) is 4.20. The number of hydrogen-bond donors (Lipinski definition) is 2. The molecule has 1 amide bonds. The third-order valence-corrected chi connectivity index (χ3v) is 3.56. The van der Waals surface area contributed by atoms with Gasteiger partial charge in [0.05, 0.1) is 6.21 Å². The quantitative estimate of drug-likeness (QED) is 0.633. The van der Waals surface area contributed by atoms with Gasteiger partial charge in [0.1, 0.15) is 6.04 Å². The van der Waals surface area contributed by atoms with E-state index in [1.807, 2.05) is 54.8 Å². The fourth-order valence-electron chi connectivity index (χ4n) is 1.69. The van der Waals surface area contributed by atoms with Crippen LogP contribution >= 0.6 is 11.3 Å².